The average molecular weight is 467 g/mol. The lowest BCUT2D eigenvalue weighted by atomic mass is 10.2. The molecule has 0 bridgehead atoms. The minimum Gasteiger partial charge on any atom is -0.465 e. The number of ether oxygens (including phenoxy) is 2. The second kappa shape index (κ2) is 10.00. The number of nitrogens with one attached hydrogen (secondary N) is 1. The molecule has 0 aliphatic rings. The van der Waals surface area contributed by atoms with Gasteiger partial charge in [-0.25, -0.2) is 8.42 Å². The monoisotopic (exact) mass is 467 g/mol. The maximum Gasteiger partial charge on any atom is 0.373 e. The molecule has 0 radical (unpaired) electrons. The molecule has 0 atom stereocenters. The lowest BCUT2D eigenvalue weighted by Gasteiger charge is -2.13. The smallest absolute Gasteiger partial charge is 0.373 e. The van der Waals surface area contributed by atoms with E-state index in [1.807, 2.05) is 0 Å². The lowest BCUT2D eigenvalue weighted by Crippen LogP contribution is -2.21. The fraction of sp³-hybridized carbons (Fsp3) is 0.333. The molecule has 0 spiro atoms. The number of benzene rings is 1. The van der Waals surface area contributed by atoms with Crippen molar-refractivity contribution in [3.8, 4) is 11.6 Å². The van der Waals surface area contributed by atoms with Gasteiger partial charge in [-0.2, -0.15) is 9.97 Å². The van der Waals surface area contributed by atoms with Gasteiger partial charge < -0.3 is 19.7 Å². The number of nitrogens with zero attached hydrogens (tertiary/aromatic N) is 4. The third-order valence-electron chi connectivity index (χ3n) is 3.75. The summed E-state index contributed by atoms with van der Waals surface area (Å²) >= 11 is 0. The van der Waals surface area contributed by atoms with Crippen LogP contribution in [0.25, 0.3) is 0 Å². The summed E-state index contributed by atoms with van der Waals surface area (Å²) in [5.74, 6) is -2.32. The van der Waals surface area contributed by atoms with Crippen molar-refractivity contribution in [2.24, 2.45) is 0 Å². The van der Waals surface area contributed by atoms with Crippen LogP contribution in [0.4, 0.5) is 11.5 Å². The van der Waals surface area contributed by atoms with Gasteiger partial charge in [-0.1, -0.05) is 6.07 Å². The normalized spacial score (nSPS) is 10.9. The lowest BCUT2D eigenvalue weighted by molar-refractivity contribution is -0.385. The van der Waals surface area contributed by atoms with Crippen LogP contribution in [-0.4, -0.2) is 73.6 Å². The van der Waals surface area contributed by atoms with Gasteiger partial charge in [-0.15, -0.1) is 0 Å². The fourth-order valence-electron chi connectivity index (χ4n) is 2.37. The summed E-state index contributed by atoms with van der Waals surface area (Å²) in [4.78, 5) is 43.3. The molecule has 2 aromatic rings. The van der Waals surface area contributed by atoms with Crippen molar-refractivity contribution in [2.75, 3.05) is 38.8 Å². The molecular formula is C18H21N5O8S. The Labute approximate surface area is 183 Å². The molecule has 32 heavy (non-hydrogen) atoms. The molecule has 0 unspecified atom stereocenters. The number of anilines is 1. The highest BCUT2D eigenvalue weighted by atomic mass is 32.2. The topological polar surface area (TPSA) is 171 Å². The number of amides is 1. The van der Waals surface area contributed by atoms with Gasteiger partial charge in [0, 0.05) is 25.9 Å². The number of nitro groups is 1. The zero-order valence-corrected chi connectivity index (χ0v) is 18.5. The van der Waals surface area contributed by atoms with Crippen LogP contribution < -0.4 is 10.1 Å². The summed E-state index contributed by atoms with van der Waals surface area (Å²) in [7, 11) is -0.913. The molecule has 13 nitrogen and oxygen atoms in total. The minimum absolute atomic E-state index is 0.00436. The highest BCUT2D eigenvalue weighted by Crippen LogP contribution is 2.36. The molecule has 0 saturated carbocycles. The number of sulfone groups is 1. The quantitative estimate of drug-likeness (QED) is 0.243. The van der Waals surface area contributed by atoms with Crippen LogP contribution in [-0.2, 0) is 19.4 Å². The first-order valence-corrected chi connectivity index (χ1v) is 11.0. The SMILES string of the molecule is CCOC(=O)CNc1nc(S(C)(=O)=O)nc(Oc2cccc(C(=O)N(C)C)c2)c1[N+](=O)[O-]. The first-order valence-electron chi connectivity index (χ1n) is 9.09. The Bertz CT molecular complexity index is 1150. The maximum atomic E-state index is 12.2. The fourth-order valence-corrected chi connectivity index (χ4v) is 2.88. The summed E-state index contributed by atoms with van der Waals surface area (Å²) in [5, 5.41) is 13.3. The van der Waals surface area contributed by atoms with E-state index in [1.165, 1.54) is 29.2 Å². The summed E-state index contributed by atoms with van der Waals surface area (Å²) < 4.78 is 34.3. The summed E-state index contributed by atoms with van der Waals surface area (Å²) in [5.41, 5.74) is -0.570. The van der Waals surface area contributed by atoms with Gasteiger partial charge in [-0.05, 0) is 25.1 Å². The van der Waals surface area contributed by atoms with E-state index in [4.69, 9.17) is 9.47 Å². The Morgan fingerprint density at radius 3 is 2.50 bits per heavy atom. The average Bonchev–Trinajstić information content (AvgIpc) is 2.70. The molecule has 1 aromatic heterocycles. The second-order valence-electron chi connectivity index (χ2n) is 6.53. The van der Waals surface area contributed by atoms with Crippen molar-refractivity contribution >= 4 is 33.2 Å². The van der Waals surface area contributed by atoms with Crippen LogP contribution in [0, 0.1) is 10.1 Å². The molecule has 2 rings (SSSR count). The zero-order valence-electron chi connectivity index (χ0n) is 17.7. The van der Waals surface area contributed by atoms with Gasteiger partial charge in [0.1, 0.15) is 12.3 Å². The Hall–Kier alpha value is -3.81. The van der Waals surface area contributed by atoms with Gasteiger partial charge in [0.25, 0.3) is 11.1 Å². The van der Waals surface area contributed by atoms with E-state index in [0.717, 1.165) is 6.26 Å². The third kappa shape index (κ3) is 6.10. The minimum atomic E-state index is -4.01. The summed E-state index contributed by atoms with van der Waals surface area (Å²) in [6, 6.07) is 5.72. The van der Waals surface area contributed by atoms with E-state index in [0.29, 0.717) is 0 Å². The van der Waals surface area contributed by atoms with Crippen LogP contribution in [0.2, 0.25) is 0 Å². The number of carbonyl (C=O) groups excluding carboxylic acids is 2. The van der Waals surface area contributed by atoms with Crippen molar-refractivity contribution < 1.29 is 32.4 Å². The summed E-state index contributed by atoms with van der Waals surface area (Å²) in [6.45, 7) is 1.15. The van der Waals surface area contributed by atoms with E-state index in [-0.39, 0.29) is 23.8 Å². The molecule has 1 heterocycles. The maximum absolute atomic E-state index is 12.2. The third-order valence-corrected chi connectivity index (χ3v) is 4.60. The molecule has 14 heteroatoms. The van der Waals surface area contributed by atoms with E-state index in [9.17, 15) is 28.1 Å². The molecule has 172 valence electrons. The molecule has 1 amide bonds. The van der Waals surface area contributed by atoms with E-state index < -0.39 is 49.8 Å². The van der Waals surface area contributed by atoms with E-state index in [1.54, 1.807) is 21.0 Å². The van der Waals surface area contributed by atoms with Crippen molar-refractivity contribution in [3.63, 3.8) is 0 Å². The number of esters is 1. The summed E-state index contributed by atoms with van der Waals surface area (Å²) in [6.07, 6.45) is 0.809. The van der Waals surface area contributed by atoms with Crippen LogP contribution >= 0.6 is 0 Å². The predicted octanol–water partition coefficient (Wildman–Crippen LogP) is 1.26. The van der Waals surface area contributed by atoms with Crippen LogP contribution in [0.3, 0.4) is 0 Å². The molecule has 1 aromatic carbocycles. The van der Waals surface area contributed by atoms with E-state index in [2.05, 4.69) is 15.3 Å². The number of rotatable bonds is 9. The largest absolute Gasteiger partial charge is 0.465 e. The zero-order chi connectivity index (χ0) is 24.1. The molecule has 0 fully saturated rings. The van der Waals surface area contributed by atoms with Crippen molar-refractivity contribution in [2.45, 2.75) is 12.1 Å². The number of hydrogen-bond acceptors (Lipinski definition) is 11. The van der Waals surface area contributed by atoms with Gasteiger partial charge in [0.2, 0.25) is 15.7 Å². The van der Waals surface area contributed by atoms with Crippen LogP contribution in [0.1, 0.15) is 17.3 Å². The van der Waals surface area contributed by atoms with Crippen LogP contribution in [0.15, 0.2) is 29.4 Å². The highest BCUT2D eigenvalue weighted by Gasteiger charge is 2.30. The van der Waals surface area contributed by atoms with Crippen molar-refractivity contribution in [1.29, 1.82) is 0 Å². The standard InChI is InChI=1S/C18H21N5O8S/c1-5-30-13(24)10-19-15-14(23(26)27)16(21-18(20-15)32(4,28)29)31-12-8-6-7-11(9-12)17(25)22(2)3/h6-9H,5,10H2,1-4H3,(H,19,20,21). The van der Waals surface area contributed by atoms with Gasteiger partial charge in [-0.3, -0.25) is 19.7 Å². The molecular weight excluding hydrogens is 446 g/mol. The molecule has 0 aliphatic heterocycles. The van der Waals surface area contributed by atoms with Gasteiger partial charge >= 0.3 is 17.5 Å². The highest BCUT2D eigenvalue weighted by molar-refractivity contribution is 7.90. The van der Waals surface area contributed by atoms with Crippen molar-refractivity contribution in [3.05, 3.63) is 39.9 Å². The first kappa shape index (κ1) is 24.5. The van der Waals surface area contributed by atoms with Crippen LogP contribution in [0.5, 0.6) is 11.6 Å². The molecule has 0 aliphatic carbocycles. The Morgan fingerprint density at radius 1 is 1.25 bits per heavy atom. The first-order chi connectivity index (χ1) is 14.9. The Kier molecular flexibility index (Phi) is 7.64. The number of aromatic nitrogens is 2. The Balaban J connectivity index is 2.56. The van der Waals surface area contributed by atoms with E-state index >= 15 is 0 Å². The molecule has 0 saturated heterocycles. The second-order valence-corrected chi connectivity index (χ2v) is 8.44. The molecule has 1 N–H and O–H groups in total. The van der Waals surface area contributed by atoms with Crippen molar-refractivity contribution in [1.82, 2.24) is 14.9 Å². The van der Waals surface area contributed by atoms with Gasteiger partial charge in [0.05, 0.1) is 11.5 Å². The number of hydrogen-bond donors (Lipinski definition) is 1. The Morgan fingerprint density at radius 2 is 1.94 bits per heavy atom. The number of carbonyl (C=O) groups is 2. The predicted molar refractivity (Wildman–Crippen MR) is 111 cm³/mol. The van der Waals surface area contributed by atoms with Gasteiger partial charge in [0.15, 0.2) is 0 Å².